The fraction of sp³-hybridized carbons (Fsp3) is 0.500. The maximum Gasteiger partial charge on any atom is 0.182 e. The van der Waals surface area contributed by atoms with E-state index in [4.69, 9.17) is 10.5 Å². The van der Waals surface area contributed by atoms with Crippen LogP contribution in [0.2, 0.25) is 0 Å². The zero-order valence-electron chi connectivity index (χ0n) is 11.8. The number of nitrogens with two attached hydrogens (primary N) is 1. The van der Waals surface area contributed by atoms with Crippen molar-refractivity contribution in [3.63, 3.8) is 0 Å². The molecule has 1 aromatic carbocycles. The topological polar surface area (TPSA) is 78.9 Å². The number of hydrogen-bond donors (Lipinski definition) is 1. The van der Waals surface area contributed by atoms with Crippen molar-refractivity contribution in [1.82, 2.24) is 20.2 Å². The molecule has 1 aliphatic rings. The van der Waals surface area contributed by atoms with Crippen LogP contribution in [0.5, 0.6) is 0 Å². The summed E-state index contributed by atoms with van der Waals surface area (Å²) in [6, 6.07) is 6.11. The number of hydrogen-bond acceptors (Lipinski definition) is 5. The number of nitrogen functional groups attached to an aromatic ring is 1. The third kappa shape index (κ3) is 2.38. The van der Waals surface area contributed by atoms with Crippen molar-refractivity contribution in [2.24, 2.45) is 5.92 Å². The first-order chi connectivity index (χ1) is 9.65. The molecular weight excluding hydrogens is 254 g/mol. The molecule has 2 N–H and O–H groups in total. The maximum atomic E-state index is 5.92. The van der Waals surface area contributed by atoms with Gasteiger partial charge in [-0.05, 0) is 54.5 Å². The Hall–Kier alpha value is -1.95. The van der Waals surface area contributed by atoms with Crippen molar-refractivity contribution in [3.8, 4) is 11.4 Å². The molecule has 1 aliphatic heterocycles. The first kappa shape index (κ1) is 13.1. The minimum absolute atomic E-state index is 0.212. The zero-order valence-corrected chi connectivity index (χ0v) is 11.8. The minimum Gasteiger partial charge on any atom is -0.399 e. The Balaban J connectivity index is 1.96. The van der Waals surface area contributed by atoms with Gasteiger partial charge in [-0.1, -0.05) is 0 Å². The van der Waals surface area contributed by atoms with Gasteiger partial charge in [-0.2, -0.15) is 0 Å². The largest absolute Gasteiger partial charge is 0.399 e. The molecule has 20 heavy (non-hydrogen) atoms. The van der Waals surface area contributed by atoms with Gasteiger partial charge in [-0.3, -0.25) is 0 Å². The van der Waals surface area contributed by atoms with Crippen LogP contribution in [-0.4, -0.2) is 33.4 Å². The van der Waals surface area contributed by atoms with Gasteiger partial charge in [0.05, 0.1) is 12.6 Å². The summed E-state index contributed by atoms with van der Waals surface area (Å²) in [4.78, 5) is 0. The van der Waals surface area contributed by atoms with Crippen LogP contribution in [0.3, 0.4) is 0 Å². The summed E-state index contributed by atoms with van der Waals surface area (Å²) in [6.07, 6.45) is 1.05. The lowest BCUT2D eigenvalue weighted by Gasteiger charge is -2.19. The minimum atomic E-state index is 0.212. The molecule has 6 nitrogen and oxygen atoms in total. The van der Waals surface area contributed by atoms with Gasteiger partial charge >= 0.3 is 0 Å². The number of tetrazole rings is 1. The first-order valence-electron chi connectivity index (χ1n) is 6.88. The third-order valence-electron chi connectivity index (χ3n) is 3.88. The number of rotatable bonds is 3. The van der Waals surface area contributed by atoms with Crippen LogP contribution in [0.1, 0.15) is 24.9 Å². The van der Waals surface area contributed by atoms with Gasteiger partial charge < -0.3 is 10.5 Å². The van der Waals surface area contributed by atoms with E-state index in [1.165, 1.54) is 0 Å². The van der Waals surface area contributed by atoms with Crippen LogP contribution < -0.4 is 5.73 Å². The molecule has 0 saturated carbocycles. The van der Waals surface area contributed by atoms with Gasteiger partial charge in [0.25, 0.3) is 0 Å². The summed E-state index contributed by atoms with van der Waals surface area (Å²) in [5, 5.41) is 12.2. The molecule has 1 fully saturated rings. The van der Waals surface area contributed by atoms with E-state index in [-0.39, 0.29) is 6.04 Å². The summed E-state index contributed by atoms with van der Waals surface area (Å²) in [6.45, 7) is 5.75. The highest BCUT2D eigenvalue weighted by Crippen LogP contribution is 2.29. The zero-order chi connectivity index (χ0) is 14.1. The van der Waals surface area contributed by atoms with Crippen LogP contribution >= 0.6 is 0 Å². The van der Waals surface area contributed by atoms with E-state index < -0.39 is 0 Å². The standard InChI is InChI=1S/C14H19N5O/c1-9-5-12(7-13(15)6-9)14-16-17-18-19(14)10(2)11-3-4-20-8-11/h5-7,10-11H,3-4,8,15H2,1-2H3. The average molecular weight is 273 g/mol. The Morgan fingerprint density at radius 3 is 2.95 bits per heavy atom. The molecule has 0 bridgehead atoms. The second-order valence-corrected chi connectivity index (χ2v) is 5.44. The molecule has 2 aromatic rings. The Bertz CT molecular complexity index is 583. The Morgan fingerprint density at radius 1 is 1.40 bits per heavy atom. The molecule has 6 heteroatoms. The van der Waals surface area contributed by atoms with Crippen molar-refractivity contribution in [2.45, 2.75) is 26.3 Å². The Kier molecular flexibility index (Phi) is 3.40. The normalized spacial score (nSPS) is 20.2. The lowest BCUT2D eigenvalue weighted by molar-refractivity contribution is 0.173. The van der Waals surface area contributed by atoms with Crippen molar-refractivity contribution >= 4 is 5.69 Å². The number of nitrogens with zero attached hydrogens (tertiary/aromatic N) is 4. The fourth-order valence-corrected chi connectivity index (χ4v) is 2.73. The van der Waals surface area contributed by atoms with Crippen LogP contribution in [0, 0.1) is 12.8 Å². The number of ether oxygens (including phenoxy) is 1. The molecule has 0 spiro atoms. The fourth-order valence-electron chi connectivity index (χ4n) is 2.73. The van der Waals surface area contributed by atoms with E-state index in [1.807, 2.05) is 23.7 Å². The first-order valence-corrected chi connectivity index (χ1v) is 6.88. The molecule has 2 atom stereocenters. The summed E-state index contributed by atoms with van der Waals surface area (Å²) in [7, 11) is 0. The third-order valence-corrected chi connectivity index (χ3v) is 3.88. The van der Waals surface area contributed by atoms with Crippen LogP contribution in [0.25, 0.3) is 11.4 Å². The predicted octanol–water partition coefficient (Wildman–Crippen LogP) is 1.83. The van der Waals surface area contributed by atoms with Gasteiger partial charge in [0.15, 0.2) is 5.82 Å². The monoisotopic (exact) mass is 273 g/mol. The second kappa shape index (κ2) is 5.20. The molecule has 1 saturated heterocycles. The highest BCUT2D eigenvalue weighted by atomic mass is 16.5. The van der Waals surface area contributed by atoms with E-state index in [0.717, 1.165) is 42.3 Å². The average Bonchev–Trinajstić information content (AvgIpc) is 3.08. The van der Waals surface area contributed by atoms with E-state index in [1.54, 1.807) is 0 Å². The summed E-state index contributed by atoms with van der Waals surface area (Å²) in [5.74, 6) is 1.22. The quantitative estimate of drug-likeness (QED) is 0.863. The van der Waals surface area contributed by atoms with Crippen molar-refractivity contribution < 1.29 is 4.74 Å². The second-order valence-electron chi connectivity index (χ2n) is 5.44. The van der Waals surface area contributed by atoms with Crippen LogP contribution in [0.15, 0.2) is 18.2 Å². The lowest BCUT2D eigenvalue weighted by Crippen LogP contribution is -2.19. The van der Waals surface area contributed by atoms with Crippen molar-refractivity contribution in [1.29, 1.82) is 0 Å². The molecule has 106 valence electrons. The van der Waals surface area contributed by atoms with E-state index in [9.17, 15) is 0 Å². The SMILES string of the molecule is Cc1cc(N)cc(-c2nnnn2C(C)C2CCOC2)c1. The Morgan fingerprint density at radius 2 is 2.25 bits per heavy atom. The van der Waals surface area contributed by atoms with E-state index in [2.05, 4.69) is 28.5 Å². The van der Waals surface area contributed by atoms with Gasteiger partial charge in [-0.25, -0.2) is 4.68 Å². The molecule has 2 heterocycles. The van der Waals surface area contributed by atoms with Crippen LogP contribution in [0.4, 0.5) is 5.69 Å². The highest BCUT2D eigenvalue weighted by molar-refractivity contribution is 5.62. The van der Waals surface area contributed by atoms with Gasteiger partial charge in [-0.15, -0.1) is 5.10 Å². The smallest absolute Gasteiger partial charge is 0.182 e. The summed E-state index contributed by atoms with van der Waals surface area (Å²) in [5.41, 5.74) is 8.70. The molecule has 2 unspecified atom stereocenters. The maximum absolute atomic E-state index is 5.92. The van der Waals surface area contributed by atoms with E-state index >= 15 is 0 Å². The highest BCUT2D eigenvalue weighted by Gasteiger charge is 2.26. The number of anilines is 1. The summed E-state index contributed by atoms with van der Waals surface area (Å²) >= 11 is 0. The molecule has 0 amide bonds. The van der Waals surface area contributed by atoms with Crippen molar-refractivity contribution in [3.05, 3.63) is 23.8 Å². The Labute approximate surface area is 117 Å². The number of aryl methyl sites for hydroxylation is 1. The van der Waals surface area contributed by atoms with Crippen LogP contribution in [-0.2, 0) is 4.74 Å². The molecule has 0 aliphatic carbocycles. The van der Waals surface area contributed by atoms with Gasteiger partial charge in [0, 0.05) is 23.8 Å². The number of aromatic nitrogens is 4. The predicted molar refractivity (Wildman–Crippen MR) is 76.0 cm³/mol. The van der Waals surface area contributed by atoms with Gasteiger partial charge in [0.1, 0.15) is 0 Å². The molecule has 3 rings (SSSR count). The van der Waals surface area contributed by atoms with Gasteiger partial charge in [0.2, 0.25) is 0 Å². The summed E-state index contributed by atoms with van der Waals surface area (Å²) < 4.78 is 7.34. The van der Waals surface area contributed by atoms with Crippen molar-refractivity contribution in [2.75, 3.05) is 18.9 Å². The molecule has 0 radical (unpaired) electrons. The molecular formula is C14H19N5O. The molecule has 1 aromatic heterocycles. The number of benzene rings is 1. The van der Waals surface area contributed by atoms with E-state index in [0.29, 0.717) is 5.92 Å². The lowest BCUT2D eigenvalue weighted by atomic mass is 10.0.